The van der Waals surface area contributed by atoms with E-state index in [0.717, 1.165) is 47.5 Å². The van der Waals surface area contributed by atoms with Gasteiger partial charge in [-0.05, 0) is 52.0 Å². The number of amides is 2. The summed E-state index contributed by atoms with van der Waals surface area (Å²) in [5, 5.41) is 5.50. The zero-order valence-electron chi connectivity index (χ0n) is 24.6. The van der Waals surface area contributed by atoms with Crippen LogP contribution in [-0.2, 0) is 51.9 Å². The summed E-state index contributed by atoms with van der Waals surface area (Å²) in [5.41, 5.74) is 4.34. The van der Waals surface area contributed by atoms with E-state index in [2.05, 4.69) is 15.2 Å². The van der Waals surface area contributed by atoms with E-state index in [1.54, 1.807) is 0 Å². The number of hydrogen-bond acceptors (Lipinski definition) is 6. The lowest BCUT2D eigenvalue weighted by atomic mass is 9.93. The monoisotopic (exact) mass is 670 g/mol. The minimum atomic E-state index is -0.513. The van der Waals surface area contributed by atoms with Gasteiger partial charge in [-0.2, -0.15) is 4.57 Å². The van der Waals surface area contributed by atoms with Crippen LogP contribution in [0.25, 0.3) is 11.3 Å². The Labute approximate surface area is 254 Å². The molecule has 2 amide bonds. The van der Waals surface area contributed by atoms with Gasteiger partial charge >= 0.3 is 18.2 Å². The molecule has 0 saturated heterocycles. The number of ether oxygens (including phenoxy) is 3. The lowest BCUT2D eigenvalue weighted by Gasteiger charge is -2.15. The summed E-state index contributed by atoms with van der Waals surface area (Å²) in [6.07, 6.45) is 4.86. The van der Waals surface area contributed by atoms with Crippen molar-refractivity contribution in [2.45, 2.75) is 106 Å². The second-order valence-corrected chi connectivity index (χ2v) is 11.7. The number of fused-ring (bicyclic) bond motifs is 1. The number of hydrogen-bond donors (Lipinski definition) is 2. The Morgan fingerprint density at radius 1 is 0.975 bits per heavy atom. The van der Waals surface area contributed by atoms with Crippen LogP contribution in [-0.4, -0.2) is 34.8 Å². The number of alkyl carbamates (subject to hydrolysis) is 2. The third-order valence-electron chi connectivity index (χ3n) is 6.08. The lowest BCUT2D eigenvalue weighted by Crippen LogP contribution is -3.00. The first-order chi connectivity index (χ1) is 18.3. The number of rotatable bonds is 10. The van der Waals surface area contributed by atoms with E-state index in [1.807, 2.05) is 77.6 Å². The summed E-state index contributed by atoms with van der Waals surface area (Å²) >= 11 is 0. The molecule has 2 aromatic rings. The number of esters is 1. The summed E-state index contributed by atoms with van der Waals surface area (Å²) in [6, 6.07) is 3.76. The van der Waals surface area contributed by atoms with Gasteiger partial charge in [0, 0.05) is 41.5 Å². The Bertz CT molecular complexity index is 1190. The van der Waals surface area contributed by atoms with Crippen LogP contribution < -0.4 is 39.2 Å². The van der Waals surface area contributed by atoms with Crippen LogP contribution in [0.15, 0.2) is 24.5 Å². The van der Waals surface area contributed by atoms with Gasteiger partial charge in [-0.3, -0.25) is 4.79 Å². The first-order valence-corrected chi connectivity index (χ1v) is 13.6. The lowest BCUT2D eigenvalue weighted by molar-refractivity contribution is -0.727. The highest BCUT2D eigenvalue weighted by Gasteiger charge is 2.29. The SMILES string of the molecule is CC(C)NC(=O)OCc1c(COC(=O)NC(C)C)c(-c2ccc[n+](COC(=O)CC(C)(C)C)c2)n2c1CCC2.[I-]. The zero-order valence-corrected chi connectivity index (χ0v) is 26.8. The Hall–Kier alpha value is -2.83. The van der Waals surface area contributed by atoms with Gasteiger partial charge in [-0.25, -0.2) is 9.59 Å². The Kier molecular flexibility index (Phi) is 12.3. The third-order valence-corrected chi connectivity index (χ3v) is 6.08. The molecule has 0 spiro atoms. The fraction of sp³-hybridized carbons (Fsp3) is 0.586. The number of nitrogens with one attached hydrogen (secondary N) is 2. The van der Waals surface area contributed by atoms with Gasteiger partial charge in [0.25, 0.3) is 6.73 Å². The molecule has 3 rings (SSSR count). The van der Waals surface area contributed by atoms with Crippen molar-refractivity contribution in [1.82, 2.24) is 15.2 Å². The molecule has 0 atom stereocenters. The van der Waals surface area contributed by atoms with Gasteiger partial charge in [-0.15, -0.1) is 0 Å². The first kappa shape index (κ1) is 33.4. The van der Waals surface area contributed by atoms with Crippen LogP contribution in [0.4, 0.5) is 9.59 Å². The molecule has 0 unspecified atom stereocenters. The van der Waals surface area contributed by atoms with E-state index in [1.165, 1.54) is 0 Å². The van der Waals surface area contributed by atoms with Crippen LogP contribution in [0, 0.1) is 5.41 Å². The van der Waals surface area contributed by atoms with E-state index < -0.39 is 12.2 Å². The number of halogens is 1. The van der Waals surface area contributed by atoms with Crippen LogP contribution in [0.3, 0.4) is 0 Å². The standard InChI is InChI=1S/C29H42N4O6.HI/c1-19(2)30-27(35)37-16-22-23(17-38-28(36)31-20(3)4)26(33-13-9-11-24(22)33)21-10-8-12-32(15-21)18-39-25(34)14-29(5,6)7;/h8,10,12,15,19-20H,9,11,13-14,16-18H2,1-7H3,(H-,30,31,35,36);1H. The molecule has 10 nitrogen and oxygen atoms in total. The minimum absolute atomic E-state index is 0. The van der Waals surface area contributed by atoms with Gasteiger partial charge in [0.05, 0.1) is 17.7 Å². The van der Waals surface area contributed by atoms with Crippen LogP contribution in [0.1, 0.15) is 78.1 Å². The average molecular weight is 671 g/mol. The largest absolute Gasteiger partial charge is 1.00 e. The van der Waals surface area contributed by atoms with Crippen molar-refractivity contribution >= 4 is 18.2 Å². The van der Waals surface area contributed by atoms with Crippen LogP contribution in [0.5, 0.6) is 0 Å². The van der Waals surface area contributed by atoms with Gasteiger partial charge in [0.1, 0.15) is 13.2 Å². The summed E-state index contributed by atoms with van der Waals surface area (Å²) in [5.74, 6) is -0.256. The molecule has 2 N–H and O–H groups in total. The van der Waals surface area contributed by atoms with Crippen molar-refractivity contribution in [3.63, 3.8) is 0 Å². The van der Waals surface area contributed by atoms with Crippen molar-refractivity contribution in [3.05, 3.63) is 41.3 Å². The van der Waals surface area contributed by atoms with Crippen molar-refractivity contribution in [2.24, 2.45) is 5.41 Å². The molecule has 0 saturated carbocycles. The minimum Gasteiger partial charge on any atom is -1.00 e. The second-order valence-electron chi connectivity index (χ2n) is 11.7. The predicted octanol–water partition coefficient (Wildman–Crippen LogP) is 1.60. The molecule has 1 aliphatic heterocycles. The van der Waals surface area contributed by atoms with E-state index in [4.69, 9.17) is 14.2 Å². The first-order valence-electron chi connectivity index (χ1n) is 13.6. The molecule has 11 heteroatoms. The Morgan fingerprint density at radius 2 is 1.57 bits per heavy atom. The van der Waals surface area contributed by atoms with Crippen molar-refractivity contribution in [2.75, 3.05) is 0 Å². The van der Waals surface area contributed by atoms with Gasteiger partial charge in [0.15, 0.2) is 12.4 Å². The number of pyridine rings is 1. The highest BCUT2D eigenvalue weighted by Crippen LogP contribution is 2.36. The molecule has 0 fully saturated rings. The normalized spacial score (nSPS) is 12.5. The molecule has 2 aromatic heterocycles. The molecular formula is C29H43IN4O6. The average Bonchev–Trinajstić information content (AvgIpc) is 3.39. The summed E-state index contributed by atoms with van der Waals surface area (Å²) in [4.78, 5) is 36.9. The Morgan fingerprint density at radius 3 is 2.15 bits per heavy atom. The number of carbonyl (C=O) groups is 3. The quantitative estimate of drug-likeness (QED) is 0.172. The number of aromatic nitrogens is 2. The summed E-state index contributed by atoms with van der Waals surface area (Å²) < 4.78 is 20.7. The van der Waals surface area contributed by atoms with Gasteiger partial charge < -0.3 is 53.4 Å². The smallest absolute Gasteiger partial charge is 0.407 e. The molecule has 0 radical (unpaired) electrons. The fourth-order valence-electron chi connectivity index (χ4n) is 4.57. The van der Waals surface area contributed by atoms with E-state index in [-0.39, 0.29) is 67.4 Å². The molecule has 0 aliphatic carbocycles. The topological polar surface area (TPSA) is 112 Å². The Balaban J connectivity index is 0.00000560. The van der Waals surface area contributed by atoms with Crippen molar-refractivity contribution in [3.8, 4) is 11.3 Å². The van der Waals surface area contributed by atoms with E-state index >= 15 is 0 Å². The van der Waals surface area contributed by atoms with Crippen molar-refractivity contribution in [1.29, 1.82) is 0 Å². The molecular weight excluding hydrogens is 627 g/mol. The molecule has 40 heavy (non-hydrogen) atoms. The molecule has 222 valence electrons. The summed E-state index contributed by atoms with van der Waals surface area (Å²) in [6.45, 7) is 14.4. The highest BCUT2D eigenvalue weighted by molar-refractivity contribution is 5.71. The highest BCUT2D eigenvalue weighted by atomic mass is 127. The maximum Gasteiger partial charge on any atom is 0.407 e. The molecule has 0 aromatic carbocycles. The zero-order chi connectivity index (χ0) is 28.7. The number of carbonyl (C=O) groups excluding carboxylic acids is 3. The fourth-order valence-corrected chi connectivity index (χ4v) is 4.57. The molecule has 0 bridgehead atoms. The van der Waals surface area contributed by atoms with E-state index in [9.17, 15) is 14.4 Å². The van der Waals surface area contributed by atoms with Gasteiger partial charge in [-0.1, -0.05) is 20.8 Å². The second kappa shape index (κ2) is 14.7. The number of nitrogens with zero attached hydrogens (tertiary/aromatic N) is 2. The van der Waals surface area contributed by atoms with Crippen LogP contribution in [0.2, 0.25) is 0 Å². The molecule has 3 heterocycles. The molecule has 1 aliphatic rings. The maximum atomic E-state index is 12.4. The van der Waals surface area contributed by atoms with Crippen molar-refractivity contribution < 1.29 is 57.1 Å². The maximum absolute atomic E-state index is 12.4. The van der Waals surface area contributed by atoms with Gasteiger partial charge in [0.2, 0.25) is 0 Å². The summed E-state index contributed by atoms with van der Waals surface area (Å²) in [7, 11) is 0. The van der Waals surface area contributed by atoms with Crippen LogP contribution >= 0.6 is 0 Å². The third kappa shape index (κ3) is 9.67. The van der Waals surface area contributed by atoms with E-state index in [0.29, 0.717) is 6.42 Å². The predicted molar refractivity (Wildman–Crippen MR) is 145 cm³/mol.